The van der Waals surface area contributed by atoms with Crippen molar-refractivity contribution in [2.45, 2.75) is 26.7 Å². The SMILES string of the molecule is Cc1ccc2nc(C)c(C(=O)NCC3CCN(CC#N)CC3)cc2c1. The van der Waals surface area contributed by atoms with Crippen molar-refractivity contribution in [2.24, 2.45) is 5.92 Å². The minimum absolute atomic E-state index is 0.0483. The molecule has 5 heteroatoms. The smallest absolute Gasteiger partial charge is 0.253 e. The van der Waals surface area contributed by atoms with E-state index in [-0.39, 0.29) is 5.91 Å². The van der Waals surface area contributed by atoms with E-state index in [1.165, 1.54) is 0 Å². The van der Waals surface area contributed by atoms with Gasteiger partial charge in [-0.1, -0.05) is 11.6 Å². The van der Waals surface area contributed by atoms with Crippen molar-refractivity contribution in [3.8, 4) is 6.07 Å². The Bertz CT molecular complexity index is 816. The van der Waals surface area contributed by atoms with Crippen molar-refractivity contribution in [2.75, 3.05) is 26.2 Å². The lowest BCUT2D eigenvalue weighted by atomic mass is 9.96. The summed E-state index contributed by atoms with van der Waals surface area (Å²) in [5.41, 5.74) is 3.50. The normalized spacial score (nSPS) is 15.9. The number of hydrogen-bond donors (Lipinski definition) is 1. The number of carbonyl (C=O) groups excluding carboxylic acids is 1. The van der Waals surface area contributed by atoms with Crippen molar-refractivity contribution in [3.63, 3.8) is 0 Å². The van der Waals surface area contributed by atoms with Crippen LogP contribution in [0, 0.1) is 31.1 Å². The number of rotatable bonds is 4. The van der Waals surface area contributed by atoms with Crippen LogP contribution in [0.2, 0.25) is 0 Å². The first-order chi connectivity index (χ1) is 12.1. The van der Waals surface area contributed by atoms with Crippen LogP contribution in [0.4, 0.5) is 0 Å². The molecule has 0 unspecified atom stereocenters. The molecule has 2 heterocycles. The highest BCUT2D eigenvalue weighted by atomic mass is 16.1. The summed E-state index contributed by atoms with van der Waals surface area (Å²) in [6.07, 6.45) is 2.05. The maximum Gasteiger partial charge on any atom is 0.253 e. The van der Waals surface area contributed by atoms with Gasteiger partial charge >= 0.3 is 0 Å². The number of hydrogen-bond acceptors (Lipinski definition) is 4. The number of fused-ring (bicyclic) bond motifs is 1. The van der Waals surface area contributed by atoms with E-state index in [4.69, 9.17) is 5.26 Å². The zero-order chi connectivity index (χ0) is 17.8. The monoisotopic (exact) mass is 336 g/mol. The number of nitrogens with zero attached hydrogens (tertiary/aromatic N) is 3. The molecule has 0 radical (unpaired) electrons. The van der Waals surface area contributed by atoms with E-state index in [0.29, 0.717) is 24.6 Å². The van der Waals surface area contributed by atoms with Crippen molar-refractivity contribution < 1.29 is 4.79 Å². The zero-order valence-corrected chi connectivity index (χ0v) is 14.9. The van der Waals surface area contributed by atoms with E-state index < -0.39 is 0 Å². The lowest BCUT2D eigenvalue weighted by Crippen LogP contribution is -2.38. The lowest BCUT2D eigenvalue weighted by molar-refractivity contribution is 0.0937. The van der Waals surface area contributed by atoms with E-state index >= 15 is 0 Å². The summed E-state index contributed by atoms with van der Waals surface area (Å²) in [6, 6.07) is 10.2. The number of nitrogens with one attached hydrogen (secondary N) is 1. The number of benzene rings is 1. The fraction of sp³-hybridized carbons (Fsp3) is 0.450. The highest BCUT2D eigenvalue weighted by Gasteiger charge is 2.20. The molecule has 5 nitrogen and oxygen atoms in total. The molecule has 1 aromatic carbocycles. The topological polar surface area (TPSA) is 69.0 Å². The summed E-state index contributed by atoms with van der Waals surface area (Å²) >= 11 is 0. The molecule has 130 valence electrons. The number of nitriles is 1. The first-order valence-electron chi connectivity index (χ1n) is 8.82. The molecule has 25 heavy (non-hydrogen) atoms. The van der Waals surface area contributed by atoms with Gasteiger partial charge in [-0.05, 0) is 63.9 Å². The molecule has 1 saturated heterocycles. The van der Waals surface area contributed by atoms with Gasteiger partial charge in [-0.15, -0.1) is 0 Å². The fourth-order valence-corrected chi connectivity index (χ4v) is 3.40. The molecule has 1 aromatic heterocycles. The predicted molar refractivity (Wildman–Crippen MR) is 98.3 cm³/mol. The van der Waals surface area contributed by atoms with E-state index in [9.17, 15) is 4.79 Å². The first kappa shape index (κ1) is 17.4. The average Bonchev–Trinajstić information content (AvgIpc) is 2.61. The summed E-state index contributed by atoms with van der Waals surface area (Å²) in [5.74, 6) is 0.433. The molecular weight excluding hydrogens is 312 g/mol. The lowest BCUT2D eigenvalue weighted by Gasteiger charge is -2.30. The Labute approximate surface area is 148 Å². The van der Waals surface area contributed by atoms with Gasteiger partial charge in [0.15, 0.2) is 0 Å². The van der Waals surface area contributed by atoms with Crippen molar-refractivity contribution in [1.82, 2.24) is 15.2 Å². The van der Waals surface area contributed by atoms with E-state index in [1.807, 2.05) is 32.0 Å². The molecule has 1 aliphatic heterocycles. The number of amides is 1. The van der Waals surface area contributed by atoms with Gasteiger partial charge in [-0.3, -0.25) is 14.7 Å². The predicted octanol–water partition coefficient (Wildman–Crippen LogP) is 2.82. The Morgan fingerprint density at radius 2 is 2.08 bits per heavy atom. The average molecular weight is 336 g/mol. The molecule has 0 atom stereocenters. The number of piperidine rings is 1. The summed E-state index contributed by atoms with van der Waals surface area (Å²) in [7, 11) is 0. The molecule has 3 rings (SSSR count). The Balaban J connectivity index is 1.63. The maximum atomic E-state index is 12.6. The summed E-state index contributed by atoms with van der Waals surface area (Å²) in [4.78, 5) is 19.3. The van der Waals surface area contributed by atoms with Gasteiger partial charge in [0.25, 0.3) is 5.91 Å². The van der Waals surface area contributed by atoms with Crippen molar-refractivity contribution in [1.29, 1.82) is 5.26 Å². The highest BCUT2D eigenvalue weighted by molar-refractivity contribution is 5.98. The largest absolute Gasteiger partial charge is 0.352 e. The van der Waals surface area contributed by atoms with Gasteiger partial charge in [0.2, 0.25) is 0 Å². The van der Waals surface area contributed by atoms with Gasteiger partial charge in [-0.2, -0.15) is 5.26 Å². The highest BCUT2D eigenvalue weighted by Crippen LogP contribution is 2.19. The number of aromatic nitrogens is 1. The van der Waals surface area contributed by atoms with Crippen molar-refractivity contribution >= 4 is 16.8 Å². The van der Waals surface area contributed by atoms with E-state index in [2.05, 4.69) is 27.3 Å². The van der Waals surface area contributed by atoms with Crippen LogP contribution in [0.1, 0.15) is 34.5 Å². The second-order valence-corrected chi connectivity index (χ2v) is 6.91. The van der Waals surface area contributed by atoms with Crippen LogP contribution in [0.5, 0.6) is 0 Å². The second kappa shape index (κ2) is 7.62. The molecule has 0 aliphatic carbocycles. The van der Waals surface area contributed by atoms with Crippen LogP contribution in [-0.4, -0.2) is 42.0 Å². The Morgan fingerprint density at radius 1 is 1.32 bits per heavy atom. The Morgan fingerprint density at radius 3 is 2.80 bits per heavy atom. The maximum absolute atomic E-state index is 12.6. The number of aryl methyl sites for hydroxylation is 2. The van der Waals surface area contributed by atoms with Gasteiger partial charge in [0.05, 0.1) is 29.4 Å². The van der Waals surface area contributed by atoms with Gasteiger partial charge in [0, 0.05) is 11.9 Å². The zero-order valence-electron chi connectivity index (χ0n) is 14.9. The summed E-state index contributed by atoms with van der Waals surface area (Å²) < 4.78 is 0. The van der Waals surface area contributed by atoms with E-state index in [1.54, 1.807) is 0 Å². The van der Waals surface area contributed by atoms with E-state index in [0.717, 1.165) is 48.1 Å². The molecule has 1 aliphatic rings. The standard InChI is InChI=1S/C20H24N4O/c1-14-3-4-19-17(11-14)12-18(15(2)23-19)20(25)22-13-16-5-8-24(9-6-16)10-7-21/h3-4,11-12,16H,5-6,8-10,13H2,1-2H3,(H,22,25). The number of carbonyl (C=O) groups is 1. The third kappa shape index (κ3) is 4.15. The summed E-state index contributed by atoms with van der Waals surface area (Å²) in [5, 5.41) is 12.8. The Hall–Kier alpha value is -2.45. The molecule has 0 bridgehead atoms. The van der Waals surface area contributed by atoms with Gasteiger partial charge in [0.1, 0.15) is 0 Å². The van der Waals surface area contributed by atoms with Crippen LogP contribution in [0.3, 0.4) is 0 Å². The van der Waals surface area contributed by atoms with Crippen LogP contribution in [-0.2, 0) is 0 Å². The first-order valence-corrected chi connectivity index (χ1v) is 8.82. The molecule has 0 saturated carbocycles. The second-order valence-electron chi connectivity index (χ2n) is 6.91. The minimum Gasteiger partial charge on any atom is -0.352 e. The molecular formula is C20H24N4O. The minimum atomic E-state index is -0.0483. The molecule has 0 spiro atoms. The fourth-order valence-electron chi connectivity index (χ4n) is 3.40. The van der Waals surface area contributed by atoms with Crippen LogP contribution < -0.4 is 5.32 Å². The van der Waals surface area contributed by atoms with Gasteiger partial charge in [-0.25, -0.2) is 0 Å². The Kier molecular flexibility index (Phi) is 5.30. The molecule has 2 aromatic rings. The molecule has 1 N–H and O–H groups in total. The number of likely N-dealkylation sites (tertiary alicyclic amines) is 1. The third-order valence-corrected chi connectivity index (χ3v) is 4.96. The van der Waals surface area contributed by atoms with Crippen molar-refractivity contribution in [3.05, 3.63) is 41.1 Å². The molecule has 1 amide bonds. The van der Waals surface area contributed by atoms with Crippen LogP contribution in [0.25, 0.3) is 10.9 Å². The molecule has 1 fully saturated rings. The van der Waals surface area contributed by atoms with Gasteiger partial charge < -0.3 is 5.32 Å². The van der Waals surface area contributed by atoms with Crippen LogP contribution >= 0.6 is 0 Å². The summed E-state index contributed by atoms with van der Waals surface area (Å²) in [6.45, 7) is 6.98. The number of pyridine rings is 1. The van der Waals surface area contributed by atoms with Crippen LogP contribution in [0.15, 0.2) is 24.3 Å². The quantitative estimate of drug-likeness (QED) is 0.872. The third-order valence-electron chi connectivity index (χ3n) is 4.96.